The van der Waals surface area contributed by atoms with Gasteiger partial charge in [-0.3, -0.25) is 0 Å². The van der Waals surface area contributed by atoms with Crippen LogP contribution in [-0.4, -0.2) is 0 Å². The Morgan fingerprint density at radius 1 is 1.14 bits per heavy atom. The fraction of sp³-hybridized carbons (Fsp3) is 0.692. The first-order valence-corrected chi connectivity index (χ1v) is 5.73. The van der Waals surface area contributed by atoms with Gasteiger partial charge in [0.2, 0.25) is 0 Å². The molecule has 0 aromatic rings. The predicted molar refractivity (Wildman–Crippen MR) is 59.8 cm³/mol. The van der Waals surface area contributed by atoms with Gasteiger partial charge in [-0.2, -0.15) is 0 Å². The van der Waals surface area contributed by atoms with Crippen molar-refractivity contribution >= 4 is 0 Å². The third-order valence-electron chi connectivity index (χ3n) is 2.98. The van der Waals surface area contributed by atoms with Gasteiger partial charge in [0.05, 0.1) is 0 Å². The molecule has 0 nitrogen and oxygen atoms in total. The number of hydrogen-bond acceptors (Lipinski definition) is 0. The Labute approximate surface area is 98.8 Å². The third kappa shape index (κ3) is 3.28. The van der Waals surface area contributed by atoms with Crippen LogP contribution in [0.4, 0.5) is 0 Å². The summed E-state index contributed by atoms with van der Waals surface area (Å²) in [7, 11) is 0. The van der Waals surface area contributed by atoms with E-state index in [4.69, 9.17) is 0 Å². The molecule has 0 saturated carbocycles. The first kappa shape index (κ1) is 14.0. The van der Waals surface area contributed by atoms with E-state index in [9.17, 15) is 0 Å². The largest absolute Gasteiger partial charge is 0.0770 e. The van der Waals surface area contributed by atoms with Crippen LogP contribution in [0, 0.1) is 0 Å². The molecule has 0 saturated heterocycles. The minimum Gasteiger partial charge on any atom is -0.0770 e. The van der Waals surface area contributed by atoms with E-state index in [1.54, 1.807) is 16.7 Å². The maximum atomic E-state index is 2.43. The molecule has 0 radical (unpaired) electrons. The quantitative estimate of drug-likeness (QED) is 0.612. The van der Waals surface area contributed by atoms with E-state index in [2.05, 4.69) is 26.8 Å². The molecule has 0 aromatic heterocycles. The second-order valence-corrected chi connectivity index (χ2v) is 3.83. The summed E-state index contributed by atoms with van der Waals surface area (Å²) in [6, 6.07) is 0. The van der Waals surface area contributed by atoms with E-state index >= 15 is 0 Å². The van der Waals surface area contributed by atoms with Crippen LogP contribution in [0.15, 0.2) is 22.8 Å². The van der Waals surface area contributed by atoms with Crippen LogP contribution in [0.3, 0.4) is 0 Å². The molecule has 0 spiro atoms. The van der Waals surface area contributed by atoms with E-state index in [1.807, 2.05) is 0 Å². The monoisotopic (exact) mass is 236 g/mol. The van der Waals surface area contributed by atoms with E-state index in [0.717, 1.165) is 0 Å². The molecule has 0 fully saturated rings. The van der Waals surface area contributed by atoms with Crippen molar-refractivity contribution in [2.75, 3.05) is 0 Å². The second-order valence-electron chi connectivity index (χ2n) is 3.83. The van der Waals surface area contributed by atoms with Crippen molar-refractivity contribution in [1.29, 1.82) is 0 Å². The van der Waals surface area contributed by atoms with E-state index < -0.39 is 0 Å². The molecule has 0 aliphatic heterocycles. The summed E-state index contributed by atoms with van der Waals surface area (Å²) in [6.07, 6.45) is 10.2. The van der Waals surface area contributed by atoms with Gasteiger partial charge in [-0.1, -0.05) is 38.8 Å². The zero-order chi connectivity index (χ0) is 9.68. The molecule has 1 aliphatic rings. The van der Waals surface area contributed by atoms with Crippen LogP contribution in [0.5, 0.6) is 0 Å². The third-order valence-corrected chi connectivity index (χ3v) is 2.98. The number of hydrogen-bond donors (Lipinski definition) is 0. The Kier molecular flexibility index (Phi) is 7.28. The SMILES string of the molecule is CCCCC1=C(CC)C(CC)=CC1.[Ni]. The second kappa shape index (κ2) is 7.29. The Balaban J connectivity index is 0.00000169. The zero-order valence-electron chi connectivity index (χ0n) is 9.64. The minimum atomic E-state index is 0. The smallest absolute Gasteiger partial charge is 0 e. The zero-order valence-corrected chi connectivity index (χ0v) is 10.6. The van der Waals surface area contributed by atoms with E-state index in [1.165, 1.54) is 38.5 Å². The fourth-order valence-corrected chi connectivity index (χ4v) is 2.20. The molecule has 0 unspecified atom stereocenters. The summed E-state index contributed by atoms with van der Waals surface area (Å²) in [5, 5.41) is 0. The molecular weight excluding hydrogens is 215 g/mol. The normalized spacial score (nSPS) is 15.5. The Morgan fingerprint density at radius 2 is 1.86 bits per heavy atom. The molecule has 0 atom stereocenters. The van der Waals surface area contributed by atoms with E-state index in [-0.39, 0.29) is 16.5 Å². The summed E-state index contributed by atoms with van der Waals surface area (Å²) >= 11 is 0. The van der Waals surface area contributed by atoms with Gasteiger partial charge < -0.3 is 0 Å². The van der Waals surface area contributed by atoms with Crippen LogP contribution in [-0.2, 0) is 16.5 Å². The molecule has 1 heteroatoms. The van der Waals surface area contributed by atoms with Crippen LogP contribution in [0.2, 0.25) is 0 Å². The first-order valence-electron chi connectivity index (χ1n) is 5.73. The molecule has 0 aromatic carbocycles. The van der Waals surface area contributed by atoms with E-state index in [0.29, 0.717) is 0 Å². The van der Waals surface area contributed by atoms with Gasteiger partial charge in [0.1, 0.15) is 0 Å². The first-order chi connectivity index (χ1) is 6.33. The van der Waals surface area contributed by atoms with Gasteiger partial charge in [0.25, 0.3) is 0 Å². The predicted octanol–water partition coefficient (Wildman–Crippen LogP) is 4.62. The van der Waals surface area contributed by atoms with Crippen LogP contribution in [0.1, 0.15) is 59.3 Å². The summed E-state index contributed by atoms with van der Waals surface area (Å²) < 4.78 is 0. The average molecular weight is 237 g/mol. The van der Waals surface area contributed by atoms with Crippen LogP contribution >= 0.6 is 0 Å². The number of rotatable bonds is 5. The maximum absolute atomic E-state index is 2.43. The summed E-state index contributed by atoms with van der Waals surface area (Å²) in [4.78, 5) is 0. The van der Waals surface area contributed by atoms with Gasteiger partial charge in [-0.15, -0.1) is 0 Å². The Bertz CT molecular complexity index is 223. The van der Waals surface area contributed by atoms with Crippen molar-refractivity contribution in [3.8, 4) is 0 Å². The van der Waals surface area contributed by atoms with Gasteiger partial charge in [0, 0.05) is 16.5 Å². The molecule has 0 bridgehead atoms. The molecule has 0 heterocycles. The molecule has 0 N–H and O–H groups in total. The van der Waals surface area contributed by atoms with Crippen molar-refractivity contribution in [3.63, 3.8) is 0 Å². The van der Waals surface area contributed by atoms with Crippen molar-refractivity contribution < 1.29 is 16.5 Å². The summed E-state index contributed by atoms with van der Waals surface area (Å²) in [6.45, 7) is 6.83. The van der Waals surface area contributed by atoms with Crippen molar-refractivity contribution in [3.05, 3.63) is 22.8 Å². The Hall–Kier alpha value is -0.0265. The molecule has 84 valence electrons. The topological polar surface area (TPSA) is 0 Å². The van der Waals surface area contributed by atoms with Crippen molar-refractivity contribution in [2.24, 2.45) is 0 Å². The van der Waals surface area contributed by atoms with Gasteiger partial charge in [-0.25, -0.2) is 0 Å². The number of allylic oxidation sites excluding steroid dienone is 4. The van der Waals surface area contributed by atoms with Crippen LogP contribution in [0.25, 0.3) is 0 Å². The van der Waals surface area contributed by atoms with Crippen LogP contribution < -0.4 is 0 Å². The van der Waals surface area contributed by atoms with Crippen molar-refractivity contribution in [1.82, 2.24) is 0 Å². The minimum absolute atomic E-state index is 0. The van der Waals surface area contributed by atoms with Gasteiger partial charge in [0.15, 0.2) is 0 Å². The Morgan fingerprint density at radius 3 is 2.36 bits per heavy atom. The average Bonchev–Trinajstić information content (AvgIpc) is 2.56. The molecule has 14 heavy (non-hydrogen) atoms. The van der Waals surface area contributed by atoms with Crippen molar-refractivity contribution in [2.45, 2.75) is 59.3 Å². The molecule has 1 rings (SSSR count). The maximum Gasteiger partial charge on any atom is 0 e. The molecule has 1 aliphatic carbocycles. The standard InChI is InChI=1S/C13H22.Ni/c1-4-7-8-12-10-9-11(5-2)13(12)6-3;/h9H,4-8,10H2,1-3H3;. The van der Waals surface area contributed by atoms with Gasteiger partial charge in [-0.05, 0) is 43.3 Å². The molecule has 0 amide bonds. The van der Waals surface area contributed by atoms with Gasteiger partial charge >= 0.3 is 0 Å². The summed E-state index contributed by atoms with van der Waals surface area (Å²) in [5.74, 6) is 0. The summed E-state index contributed by atoms with van der Waals surface area (Å²) in [5.41, 5.74) is 5.02. The molecular formula is C13H22Ni. The fourth-order valence-electron chi connectivity index (χ4n) is 2.20. The number of unbranched alkanes of at least 4 members (excludes halogenated alkanes) is 1.